The first-order valence-electron chi connectivity index (χ1n) is 13.2. The van der Waals surface area contributed by atoms with Crippen LogP contribution in [0.4, 0.5) is 0 Å². The Bertz CT molecular complexity index is 659. The first-order valence-corrected chi connectivity index (χ1v) is 18.0. The van der Waals surface area contributed by atoms with Gasteiger partial charge in [0, 0.05) is 0 Å². The van der Waals surface area contributed by atoms with E-state index in [9.17, 15) is 13.7 Å². The van der Waals surface area contributed by atoms with Gasteiger partial charge < -0.3 is 27.1 Å². The van der Waals surface area contributed by atoms with Crippen LogP contribution in [-0.2, 0) is 40.8 Å². The van der Waals surface area contributed by atoms with Gasteiger partial charge in [-0.25, -0.2) is 0 Å². The normalized spacial score (nSPS) is 15.8. The predicted octanol–water partition coefficient (Wildman–Crippen LogP) is 8.27. The highest BCUT2D eigenvalue weighted by Crippen LogP contribution is 2.61. The Kier molecular flexibility index (Phi) is 18.9. The Morgan fingerprint density at radius 2 is 0.829 bits per heavy atom. The molecule has 3 unspecified atom stereocenters. The molecule has 9 nitrogen and oxygen atoms in total. The van der Waals surface area contributed by atoms with Crippen molar-refractivity contribution in [3.63, 3.8) is 0 Å². The van der Waals surface area contributed by atoms with E-state index in [0.717, 1.165) is 19.3 Å². The van der Waals surface area contributed by atoms with E-state index in [1.165, 1.54) is 0 Å². The lowest BCUT2D eigenvalue weighted by Crippen LogP contribution is -2.21. The van der Waals surface area contributed by atoms with E-state index >= 15 is 0 Å². The van der Waals surface area contributed by atoms with Gasteiger partial charge >= 0.3 is 22.8 Å². The summed E-state index contributed by atoms with van der Waals surface area (Å²) in [4.78, 5) is 0. The molecule has 0 rings (SSSR count). The average molecular weight is 565 g/mol. The summed E-state index contributed by atoms with van der Waals surface area (Å²) in [6, 6.07) is 0. The molecule has 0 saturated carbocycles. The second-order valence-corrected chi connectivity index (χ2v) is 15.6. The van der Waals surface area contributed by atoms with Crippen LogP contribution in [0.2, 0.25) is 0 Å². The minimum Gasteiger partial charge on any atom is -0.309 e. The summed E-state index contributed by atoms with van der Waals surface area (Å²) in [5.41, 5.74) is -1.08. The van der Waals surface area contributed by atoms with Gasteiger partial charge in [-0.2, -0.15) is 0 Å². The van der Waals surface area contributed by atoms with E-state index in [1.54, 1.807) is 27.7 Å². The first kappa shape index (κ1) is 35.5. The largest absolute Gasteiger partial charge is 0.333 e. The minimum absolute atomic E-state index is 0.195. The Hall–Kier alpha value is 0.450. The van der Waals surface area contributed by atoms with Crippen LogP contribution in [-0.4, -0.2) is 56.6 Å². The van der Waals surface area contributed by atoms with Gasteiger partial charge in [-0.1, -0.05) is 33.1 Å². The SMILES string of the molecule is CCOP(=O)(OCC)C(C)CCCCCC(CC(C)P(=O)(OCC)OCC)P(=O)(OCC)OCC. The van der Waals surface area contributed by atoms with Crippen LogP contribution in [0, 0.1) is 0 Å². The summed E-state index contributed by atoms with van der Waals surface area (Å²) < 4.78 is 73.1. The zero-order valence-electron chi connectivity index (χ0n) is 23.2. The Balaban J connectivity index is 5.30. The van der Waals surface area contributed by atoms with Gasteiger partial charge in [0.25, 0.3) is 0 Å². The molecule has 0 saturated heterocycles. The van der Waals surface area contributed by atoms with Crippen molar-refractivity contribution in [2.75, 3.05) is 39.6 Å². The van der Waals surface area contributed by atoms with Gasteiger partial charge in [0.15, 0.2) is 0 Å². The molecule has 0 radical (unpaired) electrons. The number of hydrogen-bond acceptors (Lipinski definition) is 9. The molecule has 0 spiro atoms. The lowest BCUT2D eigenvalue weighted by Gasteiger charge is -2.31. The number of unbranched alkanes of at least 4 members (excludes halogenated alkanes) is 2. The fraction of sp³-hybridized carbons (Fsp3) is 1.00. The van der Waals surface area contributed by atoms with Crippen molar-refractivity contribution in [1.82, 2.24) is 0 Å². The molecule has 35 heavy (non-hydrogen) atoms. The molecule has 0 fully saturated rings. The number of hydrogen-bond donors (Lipinski definition) is 0. The van der Waals surface area contributed by atoms with Crippen molar-refractivity contribution in [2.24, 2.45) is 0 Å². The highest BCUT2D eigenvalue weighted by atomic mass is 31.2. The van der Waals surface area contributed by atoms with Crippen LogP contribution in [0.25, 0.3) is 0 Å². The quantitative estimate of drug-likeness (QED) is 0.0895. The molecule has 0 aliphatic carbocycles. The van der Waals surface area contributed by atoms with E-state index in [2.05, 4.69) is 0 Å². The van der Waals surface area contributed by atoms with Gasteiger partial charge in [-0.3, -0.25) is 13.7 Å². The van der Waals surface area contributed by atoms with Crippen molar-refractivity contribution in [3.8, 4) is 0 Å². The smallest absolute Gasteiger partial charge is 0.309 e. The molecule has 0 aliphatic rings. The second-order valence-electron chi connectivity index (χ2n) is 8.35. The van der Waals surface area contributed by atoms with Gasteiger partial charge in [0.1, 0.15) is 0 Å². The summed E-state index contributed by atoms with van der Waals surface area (Å²) in [7, 11) is -9.89. The first-order chi connectivity index (χ1) is 16.5. The zero-order valence-corrected chi connectivity index (χ0v) is 25.9. The number of rotatable bonds is 23. The summed E-state index contributed by atoms with van der Waals surface area (Å²) in [6.45, 7) is 16.2. The van der Waals surface area contributed by atoms with Gasteiger partial charge in [-0.05, 0) is 60.8 Å². The molecular weight excluding hydrogens is 513 g/mol. The minimum atomic E-state index is -3.42. The maximum atomic E-state index is 13.7. The molecule has 212 valence electrons. The Labute approximate surface area is 214 Å². The maximum absolute atomic E-state index is 13.7. The van der Waals surface area contributed by atoms with E-state index in [0.29, 0.717) is 32.5 Å². The Morgan fingerprint density at radius 1 is 0.486 bits per heavy atom. The topological polar surface area (TPSA) is 107 Å². The van der Waals surface area contributed by atoms with E-state index in [4.69, 9.17) is 27.1 Å². The molecule has 0 bridgehead atoms. The molecule has 0 heterocycles. The van der Waals surface area contributed by atoms with E-state index in [-0.39, 0.29) is 32.1 Å². The van der Waals surface area contributed by atoms with Gasteiger partial charge in [0.05, 0.1) is 56.6 Å². The van der Waals surface area contributed by atoms with Crippen LogP contribution in [0.1, 0.15) is 93.9 Å². The lowest BCUT2D eigenvalue weighted by molar-refractivity contribution is 0.201. The van der Waals surface area contributed by atoms with Crippen molar-refractivity contribution in [1.29, 1.82) is 0 Å². The summed E-state index contributed by atoms with van der Waals surface area (Å²) in [6.07, 6.45) is 4.09. The molecule has 0 aromatic rings. The maximum Gasteiger partial charge on any atom is 0.333 e. The molecule has 0 aromatic heterocycles. The summed E-state index contributed by atoms with van der Waals surface area (Å²) in [5, 5.41) is 0. The zero-order chi connectivity index (χ0) is 27.0. The monoisotopic (exact) mass is 564 g/mol. The predicted molar refractivity (Wildman–Crippen MR) is 143 cm³/mol. The standard InChI is InChI=1S/C23H51O9P3/c1-9-27-33(24,28-10-2)21(7)18-16-15-17-19-23(35(26,31-13-5)32-14-6)20-22(8)34(25,29-11-3)30-12-4/h21-23H,9-20H2,1-8H3. The summed E-state index contributed by atoms with van der Waals surface area (Å²) >= 11 is 0. The summed E-state index contributed by atoms with van der Waals surface area (Å²) in [5.74, 6) is 0. The van der Waals surface area contributed by atoms with Crippen LogP contribution in [0.3, 0.4) is 0 Å². The highest BCUT2D eigenvalue weighted by Gasteiger charge is 2.41. The molecule has 12 heteroatoms. The molecule has 0 aliphatic heterocycles. The molecule has 0 N–H and O–H groups in total. The molecule has 0 amide bonds. The average Bonchev–Trinajstić information content (AvgIpc) is 2.78. The van der Waals surface area contributed by atoms with E-state index in [1.807, 2.05) is 27.7 Å². The third-order valence-electron chi connectivity index (χ3n) is 5.65. The van der Waals surface area contributed by atoms with Crippen LogP contribution >= 0.6 is 22.8 Å². The van der Waals surface area contributed by atoms with Gasteiger partial charge in [-0.15, -0.1) is 0 Å². The lowest BCUT2D eigenvalue weighted by atomic mass is 10.1. The fourth-order valence-corrected chi connectivity index (χ4v) is 10.1. The highest BCUT2D eigenvalue weighted by molar-refractivity contribution is 7.56. The fourth-order valence-electron chi connectivity index (χ4n) is 3.99. The van der Waals surface area contributed by atoms with Gasteiger partial charge in [0.2, 0.25) is 0 Å². The van der Waals surface area contributed by atoms with Crippen molar-refractivity contribution < 1.29 is 40.8 Å². The third-order valence-corrected chi connectivity index (χ3v) is 13.4. The van der Waals surface area contributed by atoms with Crippen LogP contribution in [0.15, 0.2) is 0 Å². The van der Waals surface area contributed by atoms with Crippen molar-refractivity contribution >= 4 is 22.8 Å². The van der Waals surface area contributed by atoms with E-state index < -0.39 is 34.1 Å². The van der Waals surface area contributed by atoms with Crippen LogP contribution in [0.5, 0.6) is 0 Å². The molecule has 3 atom stereocenters. The Morgan fingerprint density at radius 3 is 1.23 bits per heavy atom. The van der Waals surface area contributed by atoms with Crippen molar-refractivity contribution in [3.05, 3.63) is 0 Å². The van der Waals surface area contributed by atoms with Crippen molar-refractivity contribution in [2.45, 2.75) is 111 Å². The third kappa shape index (κ3) is 12.2. The van der Waals surface area contributed by atoms with Crippen LogP contribution < -0.4 is 0 Å². The molecular formula is C23H51O9P3. The second kappa shape index (κ2) is 18.7. The molecule has 0 aromatic carbocycles.